The Labute approximate surface area is 186 Å². The summed E-state index contributed by atoms with van der Waals surface area (Å²) in [7, 11) is 1.36. The molecule has 0 spiro atoms. The lowest BCUT2D eigenvalue weighted by Crippen LogP contribution is -2.40. The summed E-state index contributed by atoms with van der Waals surface area (Å²) in [5.41, 5.74) is 3.87. The first kappa shape index (κ1) is 24.2. The molecule has 1 N–H and O–H groups in total. The minimum absolute atomic E-state index is 0.0570. The number of hydrogen-bond acceptors (Lipinski definition) is 3. The van der Waals surface area contributed by atoms with Crippen molar-refractivity contribution >= 4 is 23.8 Å². The third-order valence-corrected chi connectivity index (χ3v) is 5.13. The molecule has 5 heteroatoms. The summed E-state index contributed by atoms with van der Waals surface area (Å²) >= 11 is 0. The number of esters is 1. The SMILES string of the molecule is CCCCCCCNC(=O)N(CC)c1cccc(-c2ccc(/C=C/C(=O)OC)cc2)c1. The molecule has 166 valence electrons. The second-order valence-corrected chi connectivity index (χ2v) is 7.42. The minimum Gasteiger partial charge on any atom is -0.466 e. The van der Waals surface area contributed by atoms with Crippen molar-refractivity contribution in [2.45, 2.75) is 46.0 Å². The second-order valence-electron chi connectivity index (χ2n) is 7.42. The smallest absolute Gasteiger partial charge is 0.330 e. The monoisotopic (exact) mass is 422 g/mol. The summed E-state index contributed by atoms with van der Waals surface area (Å²) in [4.78, 5) is 25.7. The van der Waals surface area contributed by atoms with Gasteiger partial charge in [-0.2, -0.15) is 0 Å². The highest BCUT2D eigenvalue weighted by Crippen LogP contribution is 2.25. The fourth-order valence-corrected chi connectivity index (χ4v) is 3.34. The number of nitrogens with one attached hydrogen (secondary N) is 1. The molecule has 31 heavy (non-hydrogen) atoms. The van der Waals surface area contributed by atoms with Crippen LogP contribution >= 0.6 is 0 Å². The normalized spacial score (nSPS) is 10.8. The number of carbonyl (C=O) groups excluding carboxylic acids is 2. The van der Waals surface area contributed by atoms with Crippen LogP contribution in [0, 0.1) is 0 Å². The molecule has 0 unspecified atom stereocenters. The van der Waals surface area contributed by atoms with Crippen LogP contribution in [0.5, 0.6) is 0 Å². The number of amides is 2. The molecule has 0 aliphatic rings. The van der Waals surface area contributed by atoms with Gasteiger partial charge in [0.05, 0.1) is 7.11 Å². The fraction of sp³-hybridized carbons (Fsp3) is 0.385. The molecule has 5 nitrogen and oxygen atoms in total. The van der Waals surface area contributed by atoms with Crippen LogP contribution < -0.4 is 10.2 Å². The van der Waals surface area contributed by atoms with Crippen LogP contribution in [0.2, 0.25) is 0 Å². The molecule has 0 atom stereocenters. The van der Waals surface area contributed by atoms with Gasteiger partial charge in [0.25, 0.3) is 0 Å². The number of rotatable bonds is 11. The van der Waals surface area contributed by atoms with Crippen molar-refractivity contribution in [3.05, 3.63) is 60.2 Å². The lowest BCUT2D eigenvalue weighted by atomic mass is 10.0. The molecule has 0 heterocycles. The Morgan fingerprint density at radius 1 is 0.968 bits per heavy atom. The number of nitrogens with zero attached hydrogens (tertiary/aromatic N) is 1. The molecule has 0 saturated heterocycles. The second kappa shape index (κ2) is 13.3. The molecule has 0 radical (unpaired) electrons. The first-order chi connectivity index (χ1) is 15.1. The van der Waals surface area contributed by atoms with Gasteiger partial charge in [-0.05, 0) is 48.2 Å². The van der Waals surface area contributed by atoms with Gasteiger partial charge >= 0.3 is 12.0 Å². The topological polar surface area (TPSA) is 58.6 Å². The molecule has 0 saturated carbocycles. The minimum atomic E-state index is -0.379. The summed E-state index contributed by atoms with van der Waals surface area (Å²) < 4.78 is 4.61. The van der Waals surface area contributed by atoms with Gasteiger partial charge in [-0.15, -0.1) is 0 Å². The van der Waals surface area contributed by atoms with E-state index in [1.165, 1.54) is 32.4 Å². The zero-order valence-corrected chi connectivity index (χ0v) is 18.9. The quantitative estimate of drug-likeness (QED) is 0.273. The molecule has 0 aliphatic heterocycles. The van der Waals surface area contributed by atoms with Crippen LogP contribution in [0.15, 0.2) is 54.6 Å². The van der Waals surface area contributed by atoms with Gasteiger partial charge in [0, 0.05) is 24.9 Å². The number of unbranched alkanes of at least 4 members (excludes halogenated alkanes) is 4. The maximum Gasteiger partial charge on any atom is 0.330 e. The Morgan fingerprint density at radius 3 is 2.39 bits per heavy atom. The van der Waals surface area contributed by atoms with Gasteiger partial charge in [0.15, 0.2) is 0 Å². The van der Waals surface area contributed by atoms with Gasteiger partial charge < -0.3 is 10.1 Å². The number of methoxy groups -OCH3 is 1. The molecule has 0 aromatic heterocycles. The number of carbonyl (C=O) groups is 2. The Kier molecular flexibility index (Phi) is 10.4. The van der Waals surface area contributed by atoms with E-state index in [0.717, 1.165) is 35.2 Å². The lowest BCUT2D eigenvalue weighted by Gasteiger charge is -2.22. The molecular formula is C26H34N2O3. The predicted molar refractivity (Wildman–Crippen MR) is 128 cm³/mol. The maximum atomic E-state index is 12.7. The molecular weight excluding hydrogens is 388 g/mol. The largest absolute Gasteiger partial charge is 0.466 e. The summed E-state index contributed by atoms with van der Waals surface area (Å²) in [5.74, 6) is -0.379. The van der Waals surface area contributed by atoms with E-state index in [-0.39, 0.29) is 12.0 Å². The van der Waals surface area contributed by atoms with Crippen molar-refractivity contribution in [3.8, 4) is 11.1 Å². The van der Waals surface area contributed by atoms with Crippen LogP contribution in [0.4, 0.5) is 10.5 Å². The number of ether oxygens (including phenoxy) is 1. The Bertz CT molecular complexity index is 859. The average Bonchev–Trinajstić information content (AvgIpc) is 2.80. The van der Waals surface area contributed by atoms with E-state index in [9.17, 15) is 9.59 Å². The highest BCUT2D eigenvalue weighted by Gasteiger charge is 2.14. The highest BCUT2D eigenvalue weighted by molar-refractivity contribution is 5.92. The van der Waals surface area contributed by atoms with Gasteiger partial charge in [0.2, 0.25) is 0 Å². The van der Waals surface area contributed by atoms with Crippen LogP contribution in [-0.2, 0) is 9.53 Å². The summed E-state index contributed by atoms with van der Waals surface area (Å²) in [6.07, 6.45) is 8.99. The number of anilines is 1. The zero-order valence-electron chi connectivity index (χ0n) is 18.9. The van der Waals surface area contributed by atoms with Crippen molar-refractivity contribution < 1.29 is 14.3 Å². The van der Waals surface area contributed by atoms with Crippen molar-refractivity contribution in [1.82, 2.24) is 5.32 Å². The molecule has 2 amide bonds. The Balaban J connectivity index is 2.03. The molecule has 2 rings (SSSR count). The highest BCUT2D eigenvalue weighted by atomic mass is 16.5. The van der Waals surface area contributed by atoms with E-state index in [1.807, 2.05) is 55.5 Å². The first-order valence-electron chi connectivity index (χ1n) is 11.1. The maximum absolute atomic E-state index is 12.7. The van der Waals surface area contributed by atoms with E-state index in [0.29, 0.717) is 13.1 Å². The van der Waals surface area contributed by atoms with E-state index >= 15 is 0 Å². The van der Waals surface area contributed by atoms with Gasteiger partial charge in [-0.3, -0.25) is 4.90 Å². The lowest BCUT2D eigenvalue weighted by molar-refractivity contribution is -0.134. The Hall–Kier alpha value is -3.08. The third kappa shape index (κ3) is 7.93. The Morgan fingerprint density at radius 2 is 1.71 bits per heavy atom. The van der Waals surface area contributed by atoms with E-state index in [1.54, 1.807) is 11.0 Å². The van der Waals surface area contributed by atoms with E-state index in [4.69, 9.17) is 0 Å². The average molecular weight is 423 g/mol. The molecule has 0 bridgehead atoms. The summed E-state index contributed by atoms with van der Waals surface area (Å²) in [5, 5.41) is 3.05. The van der Waals surface area contributed by atoms with Crippen molar-refractivity contribution in [2.24, 2.45) is 0 Å². The summed E-state index contributed by atoms with van der Waals surface area (Å²) in [6, 6.07) is 15.8. The molecule has 2 aromatic rings. The van der Waals surface area contributed by atoms with Crippen molar-refractivity contribution in [3.63, 3.8) is 0 Å². The van der Waals surface area contributed by atoms with Crippen molar-refractivity contribution in [1.29, 1.82) is 0 Å². The summed E-state index contributed by atoms with van der Waals surface area (Å²) in [6.45, 7) is 5.49. The van der Waals surface area contributed by atoms with Crippen LogP contribution in [0.25, 0.3) is 17.2 Å². The predicted octanol–water partition coefficient (Wildman–Crippen LogP) is 6.05. The van der Waals surface area contributed by atoms with E-state index < -0.39 is 0 Å². The fourth-order valence-electron chi connectivity index (χ4n) is 3.34. The number of hydrogen-bond donors (Lipinski definition) is 1. The van der Waals surface area contributed by atoms with E-state index in [2.05, 4.69) is 17.0 Å². The zero-order chi connectivity index (χ0) is 22.5. The van der Waals surface area contributed by atoms with Crippen LogP contribution in [0.3, 0.4) is 0 Å². The van der Waals surface area contributed by atoms with Crippen LogP contribution in [0.1, 0.15) is 51.5 Å². The van der Waals surface area contributed by atoms with Crippen molar-refractivity contribution in [2.75, 3.05) is 25.1 Å². The standard InChI is InChI=1S/C26H34N2O3/c1-4-6-7-8-9-19-27-26(30)28(5-2)24-12-10-11-23(20-24)22-16-13-21(14-17-22)15-18-25(29)31-3/h10-18,20H,4-9,19H2,1-3H3,(H,27,30)/b18-15+. The first-order valence-corrected chi connectivity index (χ1v) is 11.1. The van der Waals surface area contributed by atoms with Gasteiger partial charge in [-0.1, -0.05) is 69.0 Å². The number of urea groups is 1. The molecule has 0 aliphatic carbocycles. The molecule has 2 aromatic carbocycles. The third-order valence-electron chi connectivity index (χ3n) is 5.13. The van der Waals surface area contributed by atoms with Gasteiger partial charge in [-0.25, -0.2) is 9.59 Å². The van der Waals surface area contributed by atoms with Gasteiger partial charge in [0.1, 0.15) is 0 Å². The molecule has 0 fully saturated rings. The van der Waals surface area contributed by atoms with Crippen LogP contribution in [-0.4, -0.2) is 32.2 Å². The number of benzene rings is 2.